The van der Waals surface area contributed by atoms with Crippen LogP contribution in [0.25, 0.3) is 0 Å². The van der Waals surface area contributed by atoms with Crippen LogP contribution in [0.1, 0.15) is 25.8 Å². The summed E-state index contributed by atoms with van der Waals surface area (Å²) < 4.78 is 22.4. The summed E-state index contributed by atoms with van der Waals surface area (Å²) in [6.45, 7) is 3.97. The van der Waals surface area contributed by atoms with Gasteiger partial charge in [0.2, 0.25) is 10.0 Å². The SMILES string of the molecule is CCC(C)C1NC(=O)N(Cc2ccc(S(N)(=O)=O)cc2)C1=O. The fourth-order valence-corrected chi connectivity index (χ4v) is 2.79. The zero-order valence-corrected chi connectivity index (χ0v) is 13.3. The molecule has 1 heterocycles. The van der Waals surface area contributed by atoms with E-state index in [9.17, 15) is 18.0 Å². The molecule has 120 valence electrons. The molecule has 0 saturated carbocycles. The van der Waals surface area contributed by atoms with Crippen molar-refractivity contribution in [3.63, 3.8) is 0 Å². The summed E-state index contributed by atoms with van der Waals surface area (Å²) in [5.74, 6) is -0.193. The van der Waals surface area contributed by atoms with Crippen molar-refractivity contribution in [3.05, 3.63) is 29.8 Å². The van der Waals surface area contributed by atoms with Crippen LogP contribution >= 0.6 is 0 Å². The van der Waals surface area contributed by atoms with Crippen molar-refractivity contribution in [1.29, 1.82) is 0 Å². The molecule has 7 nitrogen and oxygen atoms in total. The molecule has 0 bridgehead atoms. The van der Waals surface area contributed by atoms with Crippen LogP contribution in [0.4, 0.5) is 4.79 Å². The van der Waals surface area contributed by atoms with E-state index in [0.717, 1.165) is 11.3 Å². The Labute approximate surface area is 129 Å². The van der Waals surface area contributed by atoms with Crippen molar-refractivity contribution < 1.29 is 18.0 Å². The van der Waals surface area contributed by atoms with Gasteiger partial charge in [-0.25, -0.2) is 18.4 Å². The number of hydrogen-bond donors (Lipinski definition) is 2. The zero-order chi connectivity index (χ0) is 16.5. The first-order valence-corrected chi connectivity index (χ1v) is 8.52. The van der Waals surface area contributed by atoms with Gasteiger partial charge >= 0.3 is 6.03 Å². The lowest BCUT2D eigenvalue weighted by molar-refractivity contribution is -0.128. The Balaban J connectivity index is 2.14. The van der Waals surface area contributed by atoms with E-state index < -0.39 is 22.1 Å². The van der Waals surface area contributed by atoms with E-state index >= 15 is 0 Å². The molecular weight excluding hydrogens is 306 g/mol. The number of primary sulfonamides is 1. The lowest BCUT2D eigenvalue weighted by Gasteiger charge is -2.16. The highest BCUT2D eigenvalue weighted by Crippen LogP contribution is 2.19. The number of hydrogen-bond acceptors (Lipinski definition) is 4. The number of nitrogens with zero attached hydrogens (tertiary/aromatic N) is 1. The molecule has 1 saturated heterocycles. The highest BCUT2D eigenvalue weighted by Gasteiger charge is 2.40. The number of benzene rings is 1. The van der Waals surface area contributed by atoms with E-state index in [0.29, 0.717) is 5.56 Å². The minimum Gasteiger partial charge on any atom is -0.326 e. The van der Waals surface area contributed by atoms with E-state index in [1.807, 2.05) is 13.8 Å². The highest BCUT2D eigenvalue weighted by molar-refractivity contribution is 7.89. The van der Waals surface area contributed by atoms with E-state index in [2.05, 4.69) is 5.32 Å². The maximum absolute atomic E-state index is 12.3. The first-order valence-electron chi connectivity index (χ1n) is 6.97. The Morgan fingerprint density at radius 2 is 1.86 bits per heavy atom. The van der Waals surface area contributed by atoms with Gasteiger partial charge in [-0.2, -0.15) is 0 Å². The van der Waals surface area contributed by atoms with Gasteiger partial charge in [-0.05, 0) is 23.6 Å². The predicted molar refractivity (Wildman–Crippen MR) is 80.1 cm³/mol. The Morgan fingerprint density at radius 3 is 2.36 bits per heavy atom. The number of sulfonamides is 1. The average Bonchev–Trinajstić information content (AvgIpc) is 2.74. The monoisotopic (exact) mass is 325 g/mol. The van der Waals surface area contributed by atoms with Gasteiger partial charge in [0, 0.05) is 0 Å². The van der Waals surface area contributed by atoms with Gasteiger partial charge < -0.3 is 5.32 Å². The van der Waals surface area contributed by atoms with Crippen molar-refractivity contribution in [2.45, 2.75) is 37.8 Å². The summed E-state index contributed by atoms with van der Waals surface area (Å²) in [6.07, 6.45) is 0.785. The molecule has 1 aliphatic rings. The van der Waals surface area contributed by atoms with Crippen molar-refractivity contribution in [1.82, 2.24) is 10.2 Å². The molecule has 2 atom stereocenters. The minimum absolute atomic E-state index is 0.00840. The smallest absolute Gasteiger partial charge is 0.325 e. The molecule has 0 aliphatic carbocycles. The van der Waals surface area contributed by atoms with E-state index in [1.165, 1.54) is 24.3 Å². The summed E-state index contributed by atoms with van der Waals surface area (Å²) >= 11 is 0. The maximum atomic E-state index is 12.3. The number of urea groups is 1. The Morgan fingerprint density at radius 1 is 1.27 bits per heavy atom. The largest absolute Gasteiger partial charge is 0.326 e. The Kier molecular flexibility index (Phi) is 4.52. The van der Waals surface area contributed by atoms with Crippen LogP contribution in [0.15, 0.2) is 29.2 Å². The van der Waals surface area contributed by atoms with Crippen molar-refractivity contribution >= 4 is 22.0 Å². The van der Waals surface area contributed by atoms with Crippen LogP contribution in [-0.2, 0) is 21.4 Å². The second-order valence-electron chi connectivity index (χ2n) is 5.43. The van der Waals surface area contributed by atoms with Crippen LogP contribution < -0.4 is 10.5 Å². The quantitative estimate of drug-likeness (QED) is 0.780. The van der Waals surface area contributed by atoms with Crippen LogP contribution in [0, 0.1) is 5.92 Å². The van der Waals surface area contributed by atoms with Crippen LogP contribution in [-0.4, -0.2) is 31.3 Å². The van der Waals surface area contributed by atoms with Gasteiger partial charge in [-0.1, -0.05) is 32.4 Å². The highest BCUT2D eigenvalue weighted by atomic mass is 32.2. The molecule has 0 spiro atoms. The van der Waals surface area contributed by atoms with E-state index in [4.69, 9.17) is 5.14 Å². The van der Waals surface area contributed by atoms with Gasteiger partial charge in [-0.15, -0.1) is 0 Å². The minimum atomic E-state index is -3.75. The van der Waals surface area contributed by atoms with Crippen molar-refractivity contribution in [2.75, 3.05) is 0 Å². The molecule has 1 aliphatic heterocycles. The molecule has 2 rings (SSSR count). The number of amides is 3. The summed E-state index contributed by atoms with van der Waals surface area (Å²) in [6, 6.07) is 4.87. The average molecular weight is 325 g/mol. The lowest BCUT2D eigenvalue weighted by atomic mass is 9.99. The molecule has 2 unspecified atom stereocenters. The normalized spacial score (nSPS) is 20.1. The summed E-state index contributed by atoms with van der Waals surface area (Å²) in [7, 11) is -3.75. The molecule has 1 fully saturated rings. The number of carbonyl (C=O) groups is 2. The molecular formula is C14H19N3O4S. The first kappa shape index (κ1) is 16.4. The lowest BCUT2D eigenvalue weighted by Crippen LogP contribution is -2.35. The third kappa shape index (κ3) is 3.28. The number of rotatable bonds is 5. The summed E-state index contributed by atoms with van der Waals surface area (Å²) in [5, 5.41) is 7.71. The van der Waals surface area contributed by atoms with Crippen LogP contribution in [0.5, 0.6) is 0 Å². The molecule has 0 aromatic heterocycles. The zero-order valence-electron chi connectivity index (χ0n) is 12.4. The second kappa shape index (κ2) is 6.05. The molecule has 22 heavy (non-hydrogen) atoms. The van der Waals surface area contributed by atoms with Crippen molar-refractivity contribution in [3.8, 4) is 0 Å². The number of nitrogens with one attached hydrogen (secondary N) is 1. The number of imide groups is 1. The molecule has 3 N–H and O–H groups in total. The van der Waals surface area contributed by atoms with Gasteiger partial charge in [0.1, 0.15) is 6.04 Å². The van der Waals surface area contributed by atoms with Crippen molar-refractivity contribution in [2.24, 2.45) is 11.1 Å². The number of carbonyl (C=O) groups excluding carboxylic acids is 2. The van der Waals surface area contributed by atoms with Gasteiger partial charge in [0.25, 0.3) is 5.91 Å². The topological polar surface area (TPSA) is 110 Å². The van der Waals surface area contributed by atoms with Gasteiger partial charge in [0.05, 0.1) is 11.4 Å². The molecule has 1 aromatic rings. The fourth-order valence-electron chi connectivity index (χ4n) is 2.28. The molecule has 8 heteroatoms. The Bertz CT molecular complexity index is 685. The first-order chi connectivity index (χ1) is 10.2. The third-order valence-electron chi connectivity index (χ3n) is 3.86. The Hall–Kier alpha value is -1.93. The van der Waals surface area contributed by atoms with E-state index in [1.54, 1.807) is 0 Å². The molecule has 3 amide bonds. The van der Waals surface area contributed by atoms with Crippen LogP contribution in [0.2, 0.25) is 0 Å². The van der Waals surface area contributed by atoms with Gasteiger partial charge in [0.15, 0.2) is 0 Å². The summed E-state index contributed by atoms with van der Waals surface area (Å²) in [4.78, 5) is 25.3. The number of nitrogens with two attached hydrogens (primary N) is 1. The standard InChI is InChI=1S/C14H19N3O4S/c1-3-9(2)12-13(18)17(14(19)16-12)8-10-4-6-11(7-5-10)22(15,20)21/h4-7,9,12H,3,8H2,1-2H3,(H,16,19)(H2,15,20,21). The maximum Gasteiger partial charge on any atom is 0.325 e. The second-order valence-corrected chi connectivity index (χ2v) is 6.99. The van der Waals surface area contributed by atoms with E-state index in [-0.39, 0.29) is 23.3 Å². The molecule has 1 aromatic carbocycles. The third-order valence-corrected chi connectivity index (χ3v) is 4.79. The predicted octanol–water partition coefficient (Wildman–Crippen LogP) is 0.801. The fraction of sp³-hybridized carbons (Fsp3) is 0.429. The van der Waals surface area contributed by atoms with Gasteiger partial charge in [-0.3, -0.25) is 9.69 Å². The van der Waals surface area contributed by atoms with Crippen LogP contribution in [0.3, 0.4) is 0 Å². The molecule has 0 radical (unpaired) electrons. The summed E-state index contributed by atoms with van der Waals surface area (Å²) in [5.41, 5.74) is 0.653.